The van der Waals surface area contributed by atoms with Crippen molar-refractivity contribution in [3.8, 4) is 5.75 Å². The normalized spacial score (nSPS) is 19.8. The molecule has 0 radical (unpaired) electrons. The first-order chi connectivity index (χ1) is 17.1. The van der Waals surface area contributed by atoms with Crippen LogP contribution in [0.2, 0.25) is 0 Å². The Labute approximate surface area is 208 Å². The summed E-state index contributed by atoms with van der Waals surface area (Å²) in [4.78, 5) is 33.0. The Balaban J connectivity index is 1.22. The Bertz CT molecular complexity index is 1030. The highest BCUT2D eigenvalue weighted by Gasteiger charge is 2.39. The average molecular weight is 477 g/mol. The van der Waals surface area contributed by atoms with Gasteiger partial charge in [0.25, 0.3) is 0 Å². The number of rotatable bonds is 5. The second-order valence-corrected chi connectivity index (χ2v) is 9.95. The Morgan fingerprint density at radius 1 is 0.886 bits per heavy atom. The minimum Gasteiger partial charge on any atom is -0.497 e. The molecule has 1 N–H and O–H groups in total. The Morgan fingerprint density at radius 2 is 1.57 bits per heavy atom. The highest BCUT2D eigenvalue weighted by molar-refractivity contribution is 5.89. The van der Waals surface area contributed by atoms with Gasteiger partial charge in [-0.05, 0) is 60.6 Å². The van der Waals surface area contributed by atoms with Gasteiger partial charge in [0, 0.05) is 45.0 Å². The van der Waals surface area contributed by atoms with Crippen LogP contribution in [-0.2, 0) is 17.8 Å². The van der Waals surface area contributed by atoms with E-state index in [4.69, 9.17) is 4.74 Å². The Morgan fingerprint density at radius 3 is 2.26 bits per heavy atom. The van der Waals surface area contributed by atoms with E-state index in [0.29, 0.717) is 25.6 Å². The zero-order chi connectivity index (χ0) is 24.2. The molecule has 0 bridgehead atoms. The van der Waals surface area contributed by atoms with Crippen molar-refractivity contribution in [1.29, 1.82) is 0 Å². The largest absolute Gasteiger partial charge is 0.497 e. The smallest absolute Gasteiger partial charge is 0.321 e. The summed E-state index contributed by atoms with van der Waals surface area (Å²) in [5.41, 5.74) is 3.39. The van der Waals surface area contributed by atoms with Crippen LogP contribution in [0.4, 0.5) is 10.5 Å². The second kappa shape index (κ2) is 10.7. The van der Waals surface area contributed by atoms with Gasteiger partial charge in [0.1, 0.15) is 5.75 Å². The molecule has 7 nitrogen and oxygen atoms in total. The van der Waals surface area contributed by atoms with Crippen molar-refractivity contribution >= 4 is 17.6 Å². The lowest BCUT2D eigenvalue weighted by Crippen LogP contribution is -2.59. The molecule has 1 atom stereocenters. The van der Waals surface area contributed by atoms with E-state index in [-0.39, 0.29) is 18.0 Å². The number of hydrogen-bond donors (Lipinski definition) is 1. The van der Waals surface area contributed by atoms with E-state index in [1.807, 2.05) is 29.2 Å². The molecule has 3 amide bonds. The molecule has 0 spiro atoms. The number of nitrogens with one attached hydrogen (secondary N) is 1. The summed E-state index contributed by atoms with van der Waals surface area (Å²) in [5.74, 6) is 1.46. The monoisotopic (exact) mass is 476 g/mol. The van der Waals surface area contributed by atoms with Gasteiger partial charge < -0.3 is 19.9 Å². The first kappa shape index (κ1) is 23.7. The molecule has 0 unspecified atom stereocenters. The number of piperazine rings is 1. The van der Waals surface area contributed by atoms with E-state index in [2.05, 4.69) is 39.4 Å². The lowest BCUT2D eigenvalue weighted by molar-refractivity contribution is -0.141. The SMILES string of the molecule is COc1ccc(NC(=O)N2CCN([C@H](C(=O)N3CCc4ccccc4C3)C3CCCC3)CC2)cc1. The van der Waals surface area contributed by atoms with Gasteiger partial charge in [-0.25, -0.2) is 4.79 Å². The van der Waals surface area contributed by atoms with Crippen LogP contribution >= 0.6 is 0 Å². The van der Waals surface area contributed by atoms with Crippen LogP contribution < -0.4 is 10.1 Å². The van der Waals surface area contributed by atoms with E-state index in [0.717, 1.165) is 50.3 Å². The lowest BCUT2D eigenvalue weighted by Gasteiger charge is -2.43. The number of hydrogen-bond acceptors (Lipinski definition) is 4. The minimum absolute atomic E-state index is 0.0745. The predicted octanol–water partition coefficient (Wildman–Crippen LogP) is 3.99. The van der Waals surface area contributed by atoms with Crippen molar-refractivity contribution in [2.75, 3.05) is 45.2 Å². The topological polar surface area (TPSA) is 65.1 Å². The van der Waals surface area contributed by atoms with Crippen molar-refractivity contribution in [3.63, 3.8) is 0 Å². The first-order valence-electron chi connectivity index (χ1n) is 12.9. The van der Waals surface area contributed by atoms with Gasteiger partial charge in [-0.3, -0.25) is 9.69 Å². The number of methoxy groups -OCH3 is 1. The van der Waals surface area contributed by atoms with Crippen molar-refractivity contribution in [2.45, 2.75) is 44.7 Å². The van der Waals surface area contributed by atoms with Crippen molar-refractivity contribution in [2.24, 2.45) is 5.92 Å². The fraction of sp³-hybridized carbons (Fsp3) is 0.500. The summed E-state index contributed by atoms with van der Waals surface area (Å²) in [6.07, 6.45) is 5.60. The molecule has 2 aliphatic heterocycles. The molecule has 2 aromatic rings. The lowest BCUT2D eigenvalue weighted by atomic mass is 9.92. The standard InChI is InChI=1S/C28H36N4O3/c1-35-25-12-10-24(11-13-25)29-28(34)31-18-16-30(17-19-31)26(22-7-3-4-8-22)27(33)32-15-14-21-6-2-5-9-23(21)20-32/h2,5-6,9-13,22,26H,3-4,7-8,14-20H2,1H3,(H,29,34)/t26-/m0/s1. The maximum Gasteiger partial charge on any atom is 0.321 e. The van der Waals surface area contributed by atoms with Crippen LogP contribution in [-0.4, -0.2) is 72.5 Å². The molecule has 3 aliphatic rings. The molecule has 5 rings (SSSR count). The predicted molar refractivity (Wildman–Crippen MR) is 136 cm³/mol. The van der Waals surface area contributed by atoms with E-state index in [9.17, 15) is 9.59 Å². The summed E-state index contributed by atoms with van der Waals surface area (Å²) in [7, 11) is 1.63. The highest BCUT2D eigenvalue weighted by atomic mass is 16.5. The molecule has 35 heavy (non-hydrogen) atoms. The van der Waals surface area contributed by atoms with E-state index in [1.165, 1.54) is 24.0 Å². The molecule has 0 aromatic heterocycles. The third-order valence-electron chi connectivity index (χ3n) is 7.88. The van der Waals surface area contributed by atoms with Crippen LogP contribution in [0.3, 0.4) is 0 Å². The number of fused-ring (bicyclic) bond motifs is 1. The Kier molecular flexibility index (Phi) is 7.23. The molecule has 1 saturated carbocycles. The molecular formula is C28H36N4O3. The summed E-state index contributed by atoms with van der Waals surface area (Å²) in [5, 5.41) is 2.98. The van der Waals surface area contributed by atoms with Gasteiger partial charge in [0.05, 0.1) is 13.2 Å². The van der Waals surface area contributed by atoms with Gasteiger partial charge in [0.15, 0.2) is 0 Å². The number of amides is 3. The number of ether oxygens (including phenoxy) is 1. The zero-order valence-electron chi connectivity index (χ0n) is 20.6. The summed E-state index contributed by atoms with van der Waals surface area (Å²) >= 11 is 0. The number of anilines is 1. The molecule has 2 fully saturated rings. The molecular weight excluding hydrogens is 440 g/mol. The van der Waals surface area contributed by atoms with Crippen molar-refractivity contribution < 1.29 is 14.3 Å². The number of carbonyl (C=O) groups excluding carboxylic acids is 2. The maximum atomic E-state index is 13.9. The summed E-state index contributed by atoms with van der Waals surface area (Å²) in [6, 6.07) is 15.7. The van der Waals surface area contributed by atoms with Crippen LogP contribution in [0, 0.1) is 5.92 Å². The van der Waals surface area contributed by atoms with E-state index < -0.39 is 0 Å². The number of carbonyl (C=O) groups is 2. The molecule has 7 heteroatoms. The van der Waals surface area contributed by atoms with Crippen LogP contribution in [0.15, 0.2) is 48.5 Å². The average Bonchev–Trinajstić information content (AvgIpc) is 3.43. The third-order valence-corrected chi connectivity index (χ3v) is 7.88. The highest BCUT2D eigenvalue weighted by Crippen LogP contribution is 2.33. The van der Waals surface area contributed by atoms with Gasteiger partial charge in [-0.2, -0.15) is 0 Å². The van der Waals surface area contributed by atoms with Crippen LogP contribution in [0.1, 0.15) is 36.8 Å². The van der Waals surface area contributed by atoms with Gasteiger partial charge in [0.2, 0.25) is 5.91 Å². The zero-order valence-corrected chi connectivity index (χ0v) is 20.6. The van der Waals surface area contributed by atoms with Gasteiger partial charge in [-0.15, -0.1) is 0 Å². The Hall–Kier alpha value is -3.06. The van der Waals surface area contributed by atoms with Crippen LogP contribution in [0.25, 0.3) is 0 Å². The fourth-order valence-corrected chi connectivity index (χ4v) is 5.88. The minimum atomic E-state index is -0.0915. The van der Waals surface area contributed by atoms with E-state index in [1.54, 1.807) is 7.11 Å². The molecule has 1 saturated heterocycles. The van der Waals surface area contributed by atoms with Crippen LogP contribution in [0.5, 0.6) is 5.75 Å². The molecule has 2 heterocycles. The third kappa shape index (κ3) is 5.30. The quantitative estimate of drug-likeness (QED) is 0.709. The first-order valence-corrected chi connectivity index (χ1v) is 12.9. The fourth-order valence-electron chi connectivity index (χ4n) is 5.88. The summed E-state index contributed by atoms with van der Waals surface area (Å²) < 4.78 is 5.19. The van der Waals surface area contributed by atoms with Gasteiger partial charge in [-0.1, -0.05) is 37.1 Å². The summed E-state index contributed by atoms with van der Waals surface area (Å²) in [6.45, 7) is 4.22. The number of urea groups is 1. The molecule has 186 valence electrons. The van der Waals surface area contributed by atoms with Gasteiger partial charge >= 0.3 is 6.03 Å². The number of nitrogens with zero attached hydrogens (tertiary/aromatic N) is 3. The maximum absolute atomic E-state index is 13.9. The van der Waals surface area contributed by atoms with E-state index >= 15 is 0 Å². The van der Waals surface area contributed by atoms with Crippen molar-refractivity contribution in [1.82, 2.24) is 14.7 Å². The molecule has 1 aliphatic carbocycles. The second-order valence-electron chi connectivity index (χ2n) is 9.95. The number of benzene rings is 2. The molecule has 2 aromatic carbocycles. The van der Waals surface area contributed by atoms with Crippen molar-refractivity contribution in [3.05, 3.63) is 59.7 Å².